The van der Waals surface area contributed by atoms with Crippen LogP contribution in [0.25, 0.3) is 0 Å². The van der Waals surface area contributed by atoms with Crippen LogP contribution in [0.4, 0.5) is 0 Å². The Kier molecular flexibility index (Phi) is 6.40. The summed E-state index contributed by atoms with van der Waals surface area (Å²) in [5.41, 5.74) is 1.16. The first-order valence-electron chi connectivity index (χ1n) is 6.88. The van der Waals surface area contributed by atoms with Crippen molar-refractivity contribution in [3.63, 3.8) is 0 Å². The number of amides is 1. The number of thiophene rings is 1. The molecule has 1 atom stereocenters. The number of rotatable bonds is 8. The largest absolute Gasteiger partial charge is 0.383 e. The normalized spacial score (nSPS) is 12.0. The van der Waals surface area contributed by atoms with Crippen molar-refractivity contribution in [1.82, 2.24) is 10.6 Å². The van der Waals surface area contributed by atoms with Gasteiger partial charge in [-0.3, -0.25) is 10.1 Å². The fraction of sp³-hybridized carbons (Fsp3) is 0.312. The Morgan fingerprint density at radius 2 is 2.05 bits per heavy atom. The average molecular weight is 304 g/mol. The lowest BCUT2D eigenvalue weighted by atomic mass is 10.1. The van der Waals surface area contributed by atoms with Crippen LogP contribution < -0.4 is 10.6 Å². The number of hydrogen-bond donors (Lipinski definition) is 2. The third-order valence-electron chi connectivity index (χ3n) is 3.06. The highest BCUT2D eigenvalue weighted by Gasteiger charge is 2.15. The zero-order valence-corrected chi connectivity index (χ0v) is 12.9. The fourth-order valence-electron chi connectivity index (χ4n) is 2.03. The number of carbonyl (C=O) groups is 1. The molecule has 4 nitrogen and oxygen atoms in total. The van der Waals surface area contributed by atoms with Gasteiger partial charge in [-0.25, -0.2) is 0 Å². The highest BCUT2D eigenvalue weighted by atomic mass is 32.1. The molecule has 1 aromatic heterocycles. The molecule has 0 radical (unpaired) electrons. The first kappa shape index (κ1) is 15.7. The molecule has 21 heavy (non-hydrogen) atoms. The molecular weight excluding hydrogens is 284 g/mol. The van der Waals surface area contributed by atoms with E-state index in [2.05, 4.69) is 28.8 Å². The monoisotopic (exact) mass is 304 g/mol. The molecule has 0 saturated heterocycles. The van der Waals surface area contributed by atoms with Gasteiger partial charge >= 0.3 is 0 Å². The van der Waals surface area contributed by atoms with Crippen LogP contribution in [0, 0.1) is 0 Å². The lowest BCUT2D eigenvalue weighted by molar-refractivity contribution is -0.120. The van der Waals surface area contributed by atoms with E-state index in [9.17, 15) is 4.79 Å². The van der Waals surface area contributed by atoms with E-state index >= 15 is 0 Å². The first-order valence-corrected chi connectivity index (χ1v) is 7.76. The predicted molar refractivity (Wildman–Crippen MR) is 85.5 cm³/mol. The van der Waals surface area contributed by atoms with Gasteiger partial charge in [-0.05, 0) is 17.0 Å². The van der Waals surface area contributed by atoms with Crippen molar-refractivity contribution >= 4 is 17.2 Å². The number of hydrogen-bond acceptors (Lipinski definition) is 4. The standard InChI is InChI=1S/C16H20N2O2S/c1-20-10-9-17-15(19)12-18-16(14-8-5-11-21-14)13-6-3-2-4-7-13/h2-8,11,16,18H,9-10,12H2,1H3,(H,17,19). The van der Waals surface area contributed by atoms with Crippen LogP contribution in [0.5, 0.6) is 0 Å². The van der Waals surface area contributed by atoms with Gasteiger partial charge in [0.15, 0.2) is 0 Å². The van der Waals surface area contributed by atoms with Crippen LogP contribution in [0.3, 0.4) is 0 Å². The molecule has 2 aromatic rings. The van der Waals surface area contributed by atoms with E-state index in [1.54, 1.807) is 18.4 Å². The third-order valence-corrected chi connectivity index (χ3v) is 3.99. The summed E-state index contributed by atoms with van der Waals surface area (Å²) in [6, 6.07) is 14.3. The zero-order chi connectivity index (χ0) is 14.9. The molecule has 0 aliphatic rings. The second-order valence-corrected chi connectivity index (χ2v) is 5.56. The number of nitrogens with one attached hydrogen (secondary N) is 2. The minimum atomic E-state index is -0.0236. The Balaban J connectivity index is 1.96. The Morgan fingerprint density at radius 1 is 1.24 bits per heavy atom. The summed E-state index contributed by atoms with van der Waals surface area (Å²) in [7, 11) is 1.62. The highest BCUT2D eigenvalue weighted by molar-refractivity contribution is 7.10. The Hall–Kier alpha value is -1.69. The van der Waals surface area contributed by atoms with E-state index in [4.69, 9.17) is 4.74 Å². The Labute approximate surface area is 129 Å². The van der Waals surface area contributed by atoms with Crippen molar-refractivity contribution in [2.24, 2.45) is 0 Å². The maximum atomic E-state index is 11.8. The second kappa shape index (κ2) is 8.56. The predicted octanol–water partition coefficient (Wildman–Crippen LogP) is 2.19. The van der Waals surface area contributed by atoms with Crippen LogP contribution in [0.2, 0.25) is 0 Å². The summed E-state index contributed by atoms with van der Waals surface area (Å²) in [5.74, 6) is -0.0236. The lowest BCUT2D eigenvalue weighted by Gasteiger charge is -2.18. The topological polar surface area (TPSA) is 50.4 Å². The Bertz CT molecular complexity index is 528. The molecule has 0 aliphatic carbocycles. The van der Waals surface area contributed by atoms with Crippen LogP contribution in [0.1, 0.15) is 16.5 Å². The molecule has 1 unspecified atom stereocenters. The number of methoxy groups -OCH3 is 1. The summed E-state index contributed by atoms with van der Waals surface area (Å²) >= 11 is 1.68. The molecular formula is C16H20N2O2S. The van der Waals surface area contributed by atoms with E-state index in [1.165, 1.54) is 4.88 Å². The van der Waals surface area contributed by atoms with E-state index in [0.717, 1.165) is 5.56 Å². The zero-order valence-electron chi connectivity index (χ0n) is 12.0. The summed E-state index contributed by atoms with van der Waals surface area (Å²) in [4.78, 5) is 13.0. The average Bonchev–Trinajstić information content (AvgIpc) is 3.03. The molecule has 1 amide bonds. The highest BCUT2D eigenvalue weighted by Crippen LogP contribution is 2.25. The molecule has 1 heterocycles. The fourth-order valence-corrected chi connectivity index (χ4v) is 2.86. The van der Waals surface area contributed by atoms with Crippen LogP contribution in [0.15, 0.2) is 47.8 Å². The summed E-state index contributed by atoms with van der Waals surface area (Å²) in [6.07, 6.45) is 0. The van der Waals surface area contributed by atoms with Gasteiger partial charge in [0, 0.05) is 18.5 Å². The lowest BCUT2D eigenvalue weighted by Crippen LogP contribution is -2.37. The summed E-state index contributed by atoms with van der Waals surface area (Å²) in [6.45, 7) is 1.34. The first-order chi connectivity index (χ1) is 10.3. The van der Waals surface area contributed by atoms with Gasteiger partial charge < -0.3 is 10.1 Å². The van der Waals surface area contributed by atoms with Crippen LogP contribution >= 0.6 is 11.3 Å². The number of benzene rings is 1. The van der Waals surface area contributed by atoms with Crippen molar-refractivity contribution in [3.8, 4) is 0 Å². The summed E-state index contributed by atoms with van der Waals surface area (Å²) < 4.78 is 4.91. The third kappa shape index (κ3) is 4.97. The van der Waals surface area contributed by atoms with Gasteiger partial charge in [0.25, 0.3) is 0 Å². The molecule has 0 bridgehead atoms. The van der Waals surface area contributed by atoms with E-state index in [0.29, 0.717) is 13.2 Å². The molecule has 0 spiro atoms. The smallest absolute Gasteiger partial charge is 0.234 e. The quantitative estimate of drug-likeness (QED) is 0.735. The van der Waals surface area contributed by atoms with Gasteiger partial charge in [0.1, 0.15) is 0 Å². The maximum Gasteiger partial charge on any atom is 0.234 e. The van der Waals surface area contributed by atoms with E-state index in [-0.39, 0.29) is 18.5 Å². The van der Waals surface area contributed by atoms with Gasteiger partial charge in [-0.15, -0.1) is 11.3 Å². The maximum absolute atomic E-state index is 11.8. The molecule has 5 heteroatoms. The van der Waals surface area contributed by atoms with Crippen molar-refractivity contribution in [1.29, 1.82) is 0 Å². The number of ether oxygens (including phenoxy) is 1. The van der Waals surface area contributed by atoms with E-state index in [1.807, 2.05) is 29.6 Å². The van der Waals surface area contributed by atoms with Crippen molar-refractivity contribution in [3.05, 3.63) is 58.3 Å². The second-order valence-electron chi connectivity index (χ2n) is 4.58. The molecule has 0 fully saturated rings. The van der Waals surface area contributed by atoms with Gasteiger partial charge in [0.05, 0.1) is 19.2 Å². The molecule has 0 aliphatic heterocycles. The molecule has 2 rings (SSSR count). The molecule has 0 saturated carbocycles. The number of carbonyl (C=O) groups excluding carboxylic acids is 1. The van der Waals surface area contributed by atoms with Crippen molar-refractivity contribution in [2.75, 3.05) is 26.8 Å². The minimum Gasteiger partial charge on any atom is -0.383 e. The molecule has 2 N–H and O–H groups in total. The van der Waals surface area contributed by atoms with Crippen LogP contribution in [-0.2, 0) is 9.53 Å². The summed E-state index contributed by atoms with van der Waals surface area (Å²) in [5, 5.41) is 8.18. The van der Waals surface area contributed by atoms with Gasteiger partial charge in [-0.2, -0.15) is 0 Å². The van der Waals surface area contributed by atoms with Crippen LogP contribution in [-0.4, -0.2) is 32.7 Å². The van der Waals surface area contributed by atoms with Gasteiger partial charge in [0.2, 0.25) is 5.91 Å². The van der Waals surface area contributed by atoms with Crippen molar-refractivity contribution in [2.45, 2.75) is 6.04 Å². The SMILES string of the molecule is COCCNC(=O)CNC(c1ccccc1)c1cccs1. The van der Waals surface area contributed by atoms with E-state index < -0.39 is 0 Å². The Morgan fingerprint density at radius 3 is 2.71 bits per heavy atom. The van der Waals surface area contributed by atoms with Crippen molar-refractivity contribution < 1.29 is 9.53 Å². The molecule has 112 valence electrons. The minimum absolute atomic E-state index is 0.0236. The van der Waals surface area contributed by atoms with Gasteiger partial charge in [-0.1, -0.05) is 36.4 Å². The molecule has 1 aromatic carbocycles.